The van der Waals surface area contributed by atoms with Crippen molar-refractivity contribution in [2.24, 2.45) is 0 Å². The fourth-order valence-electron chi connectivity index (χ4n) is 2.32. The Balaban J connectivity index is 1.97. The largest absolute Gasteiger partial charge is 0.432 e. The first-order valence-electron chi connectivity index (χ1n) is 8.28. The molecule has 2 aromatic carbocycles. The standard InChI is InChI=1S/C21H28O3/c1-20(2,3)15-7-11-17(12-8-15)23-19(22)24-18-13-9-16(10-14-18)21(4,5)6/h7-14,19,22H,1-6H3. The lowest BCUT2D eigenvalue weighted by Gasteiger charge is -2.21. The van der Waals surface area contributed by atoms with Crippen LogP contribution in [0.25, 0.3) is 0 Å². The highest BCUT2D eigenvalue weighted by Crippen LogP contribution is 2.26. The molecule has 130 valence electrons. The van der Waals surface area contributed by atoms with E-state index in [1.807, 2.05) is 48.5 Å². The molecule has 0 aliphatic rings. The van der Waals surface area contributed by atoms with Gasteiger partial charge in [0.25, 0.3) is 0 Å². The maximum Gasteiger partial charge on any atom is 0.358 e. The topological polar surface area (TPSA) is 38.7 Å². The van der Waals surface area contributed by atoms with E-state index in [1.165, 1.54) is 11.1 Å². The summed E-state index contributed by atoms with van der Waals surface area (Å²) in [5.74, 6) is 1.14. The predicted octanol–water partition coefficient (Wildman–Crippen LogP) is 5.02. The van der Waals surface area contributed by atoms with E-state index in [2.05, 4.69) is 41.5 Å². The fourth-order valence-corrected chi connectivity index (χ4v) is 2.32. The highest BCUT2D eigenvalue weighted by Gasteiger charge is 2.15. The smallest absolute Gasteiger partial charge is 0.358 e. The molecular weight excluding hydrogens is 300 g/mol. The van der Waals surface area contributed by atoms with Gasteiger partial charge in [-0.05, 0) is 46.2 Å². The molecule has 3 heteroatoms. The summed E-state index contributed by atoms with van der Waals surface area (Å²) in [7, 11) is 0. The molecule has 2 aromatic rings. The quantitative estimate of drug-likeness (QED) is 0.801. The Kier molecular flexibility index (Phi) is 5.24. The van der Waals surface area contributed by atoms with E-state index in [0.29, 0.717) is 11.5 Å². The van der Waals surface area contributed by atoms with Gasteiger partial charge >= 0.3 is 6.48 Å². The molecular formula is C21H28O3. The van der Waals surface area contributed by atoms with E-state index >= 15 is 0 Å². The van der Waals surface area contributed by atoms with Crippen LogP contribution in [0.2, 0.25) is 0 Å². The van der Waals surface area contributed by atoms with E-state index in [9.17, 15) is 5.11 Å². The third-order valence-electron chi connectivity index (χ3n) is 3.91. The lowest BCUT2D eigenvalue weighted by molar-refractivity contribution is -0.160. The molecule has 0 atom stereocenters. The molecule has 0 fully saturated rings. The van der Waals surface area contributed by atoms with Gasteiger partial charge in [-0.15, -0.1) is 0 Å². The highest BCUT2D eigenvalue weighted by molar-refractivity contribution is 5.32. The van der Waals surface area contributed by atoms with Crippen LogP contribution in [0, 0.1) is 0 Å². The van der Waals surface area contributed by atoms with Crippen molar-refractivity contribution in [3.63, 3.8) is 0 Å². The average Bonchev–Trinajstić information content (AvgIpc) is 2.46. The van der Waals surface area contributed by atoms with Crippen molar-refractivity contribution in [1.29, 1.82) is 0 Å². The minimum atomic E-state index is -1.34. The molecule has 1 N–H and O–H groups in total. The fraction of sp³-hybridized carbons (Fsp3) is 0.429. The molecule has 0 aromatic heterocycles. The van der Waals surface area contributed by atoms with Crippen LogP contribution in [0.15, 0.2) is 48.5 Å². The molecule has 0 aliphatic carbocycles. The van der Waals surface area contributed by atoms with Crippen LogP contribution in [0.4, 0.5) is 0 Å². The van der Waals surface area contributed by atoms with Crippen molar-refractivity contribution in [1.82, 2.24) is 0 Å². The molecule has 0 heterocycles. The van der Waals surface area contributed by atoms with Gasteiger partial charge in [-0.25, -0.2) is 0 Å². The van der Waals surface area contributed by atoms with Crippen molar-refractivity contribution < 1.29 is 14.6 Å². The normalized spacial score (nSPS) is 12.3. The molecule has 0 bridgehead atoms. The van der Waals surface area contributed by atoms with Gasteiger partial charge in [-0.2, -0.15) is 0 Å². The number of hydrogen-bond acceptors (Lipinski definition) is 3. The Hall–Kier alpha value is -2.00. The maximum absolute atomic E-state index is 9.97. The maximum atomic E-state index is 9.97. The first kappa shape index (κ1) is 18.3. The Morgan fingerprint density at radius 3 is 1.17 bits per heavy atom. The minimum Gasteiger partial charge on any atom is -0.432 e. The van der Waals surface area contributed by atoms with Gasteiger partial charge in [-0.3, -0.25) is 0 Å². The summed E-state index contributed by atoms with van der Waals surface area (Å²) in [6.07, 6.45) is 0. The van der Waals surface area contributed by atoms with E-state index < -0.39 is 6.48 Å². The van der Waals surface area contributed by atoms with Gasteiger partial charge in [0.1, 0.15) is 11.5 Å². The van der Waals surface area contributed by atoms with Gasteiger partial charge in [0.15, 0.2) is 0 Å². The zero-order chi connectivity index (χ0) is 18.0. The van der Waals surface area contributed by atoms with Crippen LogP contribution >= 0.6 is 0 Å². The molecule has 0 aliphatic heterocycles. The predicted molar refractivity (Wildman–Crippen MR) is 97.5 cm³/mol. The van der Waals surface area contributed by atoms with Crippen LogP contribution < -0.4 is 9.47 Å². The summed E-state index contributed by atoms with van der Waals surface area (Å²) in [4.78, 5) is 0. The highest BCUT2D eigenvalue weighted by atomic mass is 16.8. The van der Waals surface area contributed by atoms with Gasteiger partial charge in [0.2, 0.25) is 0 Å². The van der Waals surface area contributed by atoms with Crippen molar-refractivity contribution in [3.8, 4) is 11.5 Å². The van der Waals surface area contributed by atoms with Crippen LogP contribution in [-0.4, -0.2) is 11.6 Å². The van der Waals surface area contributed by atoms with Crippen molar-refractivity contribution in [2.75, 3.05) is 0 Å². The lowest BCUT2D eigenvalue weighted by atomic mass is 9.87. The lowest BCUT2D eigenvalue weighted by Crippen LogP contribution is -2.23. The van der Waals surface area contributed by atoms with Crippen molar-refractivity contribution in [3.05, 3.63) is 59.7 Å². The van der Waals surface area contributed by atoms with Gasteiger partial charge in [0, 0.05) is 0 Å². The summed E-state index contributed by atoms with van der Waals surface area (Å²) in [5, 5.41) is 9.97. The molecule has 0 radical (unpaired) electrons. The summed E-state index contributed by atoms with van der Waals surface area (Å²) < 4.78 is 10.8. The minimum absolute atomic E-state index is 0.0858. The number of aliphatic hydroxyl groups is 1. The third kappa shape index (κ3) is 5.00. The molecule has 24 heavy (non-hydrogen) atoms. The van der Waals surface area contributed by atoms with Gasteiger partial charge in [0.05, 0.1) is 0 Å². The third-order valence-corrected chi connectivity index (χ3v) is 3.91. The van der Waals surface area contributed by atoms with E-state index in [4.69, 9.17) is 9.47 Å². The first-order valence-corrected chi connectivity index (χ1v) is 8.28. The second-order valence-electron chi connectivity index (χ2n) is 8.09. The zero-order valence-electron chi connectivity index (χ0n) is 15.5. The molecule has 0 unspecified atom stereocenters. The van der Waals surface area contributed by atoms with Gasteiger partial charge < -0.3 is 14.6 Å². The Morgan fingerprint density at radius 2 is 0.917 bits per heavy atom. The van der Waals surface area contributed by atoms with E-state index in [1.54, 1.807) is 0 Å². The average molecular weight is 328 g/mol. The van der Waals surface area contributed by atoms with Crippen molar-refractivity contribution >= 4 is 0 Å². The monoisotopic (exact) mass is 328 g/mol. The van der Waals surface area contributed by atoms with Crippen LogP contribution in [-0.2, 0) is 10.8 Å². The molecule has 0 saturated carbocycles. The number of ether oxygens (including phenoxy) is 2. The van der Waals surface area contributed by atoms with E-state index in [-0.39, 0.29) is 10.8 Å². The van der Waals surface area contributed by atoms with Crippen LogP contribution in [0.1, 0.15) is 52.7 Å². The van der Waals surface area contributed by atoms with Crippen LogP contribution in [0.3, 0.4) is 0 Å². The molecule has 0 saturated heterocycles. The SMILES string of the molecule is CC(C)(C)c1ccc(OC(O)Oc2ccc(C(C)(C)C)cc2)cc1. The Labute approximate surface area is 145 Å². The second kappa shape index (κ2) is 6.86. The molecule has 0 spiro atoms. The molecule has 0 amide bonds. The Morgan fingerprint density at radius 1 is 0.625 bits per heavy atom. The second-order valence-corrected chi connectivity index (χ2v) is 8.09. The number of benzene rings is 2. The van der Waals surface area contributed by atoms with E-state index in [0.717, 1.165) is 0 Å². The zero-order valence-corrected chi connectivity index (χ0v) is 15.5. The molecule has 2 rings (SSSR count). The number of hydrogen-bond donors (Lipinski definition) is 1. The summed E-state index contributed by atoms with van der Waals surface area (Å²) >= 11 is 0. The number of rotatable bonds is 4. The molecule has 3 nitrogen and oxygen atoms in total. The Bertz CT molecular complexity index is 584. The van der Waals surface area contributed by atoms with Gasteiger partial charge in [-0.1, -0.05) is 65.8 Å². The number of aliphatic hydroxyl groups excluding tert-OH is 1. The first-order chi connectivity index (χ1) is 11.1. The summed E-state index contributed by atoms with van der Waals surface area (Å²) in [5.41, 5.74) is 2.59. The van der Waals surface area contributed by atoms with Crippen LogP contribution in [0.5, 0.6) is 11.5 Å². The van der Waals surface area contributed by atoms with Crippen molar-refractivity contribution in [2.45, 2.75) is 58.8 Å². The summed E-state index contributed by atoms with van der Waals surface area (Å²) in [6, 6.07) is 15.4. The summed E-state index contributed by atoms with van der Waals surface area (Å²) in [6.45, 7) is 11.6.